The largest absolute Gasteiger partial charge is 0.493 e. The first kappa shape index (κ1) is 24.6. The maximum atomic E-state index is 9.33. The van der Waals surface area contributed by atoms with Gasteiger partial charge in [-0.2, -0.15) is 0 Å². The number of rotatable bonds is 6. The lowest BCUT2D eigenvalue weighted by atomic mass is 9.97. The number of hydrogen-bond acceptors (Lipinski definition) is 4. The summed E-state index contributed by atoms with van der Waals surface area (Å²) in [4.78, 5) is 7.24. The summed E-state index contributed by atoms with van der Waals surface area (Å²) in [5.41, 5.74) is 3.64. The number of hydrogen-bond donors (Lipinski definition) is 3. The summed E-state index contributed by atoms with van der Waals surface area (Å²) in [5, 5.41) is 16.3. The van der Waals surface area contributed by atoms with Crippen molar-refractivity contribution in [3.05, 3.63) is 59.7 Å². The standard InChI is InChI=1S/C25H34N4O2.HI/c1-2-26-25(28-23-13-16-31-24-6-4-3-5-22(23)24)27-17-19-7-9-21(10-8-19)29-14-11-20(18-30)12-15-29;/h3-10,20,23,30H,2,11-18H2,1H3,(H2,26,27,28);1H. The summed E-state index contributed by atoms with van der Waals surface area (Å²) in [6, 6.07) is 17.2. The van der Waals surface area contributed by atoms with Gasteiger partial charge in [-0.05, 0) is 49.4 Å². The van der Waals surface area contributed by atoms with E-state index < -0.39 is 0 Å². The van der Waals surface area contributed by atoms with Crippen molar-refractivity contribution in [1.29, 1.82) is 0 Å². The molecular formula is C25H35IN4O2. The zero-order chi connectivity index (χ0) is 21.5. The SMILES string of the molecule is CCNC(=NCc1ccc(N2CCC(CO)CC2)cc1)NC1CCOc2ccccc21.I. The summed E-state index contributed by atoms with van der Waals surface area (Å²) < 4.78 is 5.78. The third kappa shape index (κ3) is 6.28. The van der Waals surface area contributed by atoms with Crippen molar-refractivity contribution in [1.82, 2.24) is 10.6 Å². The molecule has 0 aromatic heterocycles. The molecule has 0 saturated carbocycles. The number of halogens is 1. The molecule has 1 saturated heterocycles. The number of aliphatic hydroxyl groups excluding tert-OH is 1. The zero-order valence-electron chi connectivity index (χ0n) is 18.8. The number of para-hydroxylation sites is 1. The van der Waals surface area contributed by atoms with Gasteiger partial charge in [0, 0.05) is 43.9 Å². The molecule has 1 atom stereocenters. The third-order valence-electron chi connectivity index (χ3n) is 6.21. The molecule has 0 aliphatic carbocycles. The number of nitrogens with zero attached hydrogens (tertiary/aromatic N) is 2. The van der Waals surface area contributed by atoms with Crippen LogP contribution in [0.2, 0.25) is 0 Å². The zero-order valence-corrected chi connectivity index (χ0v) is 21.1. The van der Waals surface area contributed by atoms with Crippen molar-refractivity contribution in [2.45, 2.75) is 38.8 Å². The molecule has 0 radical (unpaired) electrons. The van der Waals surface area contributed by atoms with E-state index in [0.717, 1.165) is 50.6 Å². The second-order valence-corrected chi connectivity index (χ2v) is 8.35. The van der Waals surface area contributed by atoms with Crippen molar-refractivity contribution in [3.63, 3.8) is 0 Å². The smallest absolute Gasteiger partial charge is 0.192 e. The number of aliphatic hydroxyl groups is 1. The van der Waals surface area contributed by atoms with Crippen molar-refractivity contribution in [2.75, 3.05) is 37.7 Å². The maximum absolute atomic E-state index is 9.33. The molecule has 2 aromatic carbocycles. The highest BCUT2D eigenvalue weighted by Crippen LogP contribution is 2.31. The number of aliphatic imine (C=N–C) groups is 1. The summed E-state index contributed by atoms with van der Waals surface area (Å²) in [6.45, 7) is 6.60. The van der Waals surface area contributed by atoms with E-state index in [0.29, 0.717) is 25.7 Å². The lowest BCUT2D eigenvalue weighted by molar-refractivity contribution is 0.203. The minimum Gasteiger partial charge on any atom is -0.493 e. The first-order valence-corrected chi connectivity index (χ1v) is 11.5. The van der Waals surface area contributed by atoms with E-state index in [1.54, 1.807) is 0 Å². The highest BCUT2D eigenvalue weighted by molar-refractivity contribution is 14.0. The van der Waals surface area contributed by atoms with Crippen LogP contribution in [0, 0.1) is 5.92 Å². The molecule has 1 unspecified atom stereocenters. The summed E-state index contributed by atoms with van der Waals surface area (Å²) in [6.07, 6.45) is 3.05. The Labute approximate surface area is 208 Å². The Hall–Kier alpha value is -2.00. The topological polar surface area (TPSA) is 69.1 Å². The molecule has 3 N–H and O–H groups in total. The van der Waals surface area contributed by atoms with E-state index in [4.69, 9.17) is 9.73 Å². The van der Waals surface area contributed by atoms with Crippen LogP contribution < -0.4 is 20.3 Å². The van der Waals surface area contributed by atoms with Gasteiger partial charge in [0.1, 0.15) is 5.75 Å². The van der Waals surface area contributed by atoms with Crippen molar-refractivity contribution in [3.8, 4) is 5.75 Å². The Kier molecular flexibility index (Phi) is 9.47. The number of benzene rings is 2. The van der Waals surface area contributed by atoms with Gasteiger partial charge in [-0.1, -0.05) is 30.3 Å². The molecule has 0 spiro atoms. The number of guanidine groups is 1. The van der Waals surface area contributed by atoms with Crippen LogP contribution in [-0.2, 0) is 6.54 Å². The number of nitrogens with one attached hydrogen (secondary N) is 2. The minimum absolute atomic E-state index is 0. The summed E-state index contributed by atoms with van der Waals surface area (Å²) >= 11 is 0. The highest BCUT2D eigenvalue weighted by atomic mass is 127. The molecule has 1 fully saturated rings. The van der Waals surface area contributed by atoms with Crippen LogP contribution in [0.15, 0.2) is 53.5 Å². The van der Waals surface area contributed by atoms with Crippen LogP contribution in [0.1, 0.15) is 43.4 Å². The second kappa shape index (κ2) is 12.3. The lowest BCUT2D eigenvalue weighted by Gasteiger charge is -2.32. The predicted molar refractivity (Wildman–Crippen MR) is 141 cm³/mol. The Morgan fingerprint density at radius 3 is 2.56 bits per heavy atom. The Morgan fingerprint density at radius 1 is 1.09 bits per heavy atom. The molecule has 2 aliphatic rings. The van der Waals surface area contributed by atoms with Gasteiger partial charge in [0.05, 0.1) is 19.2 Å². The number of ether oxygens (including phenoxy) is 1. The van der Waals surface area contributed by atoms with Crippen LogP contribution in [0.3, 0.4) is 0 Å². The van der Waals surface area contributed by atoms with Crippen LogP contribution in [0.4, 0.5) is 5.69 Å². The molecule has 6 nitrogen and oxygen atoms in total. The maximum Gasteiger partial charge on any atom is 0.192 e. The minimum atomic E-state index is 0. The molecular weight excluding hydrogens is 515 g/mol. The van der Waals surface area contributed by atoms with E-state index in [9.17, 15) is 5.11 Å². The van der Waals surface area contributed by atoms with Gasteiger partial charge in [0.2, 0.25) is 0 Å². The second-order valence-electron chi connectivity index (χ2n) is 8.35. The molecule has 32 heavy (non-hydrogen) atoms. The van der Waals surface area contributed by atoms with Gasteiger partial charge in [-0.3, -0.25) is 0 Å². The molecule has 0 bridgehead atoms. The van der Waals surface area contributed by atoms with Crippen molar-refractivity contribution < 1.29 is 9.84 Å². The summed E-state index contributed by atoms with van der Waals surface area (Å²) in [7, 11) is 0. The Bertz CT molecular complexity index is 867. The quantitative estimate of drug-likeness (QED) is 0.287. The first-order valence-electron chi connectivity index (χ1n) is 11.5. The number of piperidine rings is 1. The fourth-order valence-corrected chi connectivity index (χ4v) is 4.33. The monoisotopic (exact) mass is 550 g/mol. The van der Waals surface area contributed by atoms with Gasteiger partial charge >= 0.3 is 0 Å². The Balaban J connectivity index is 0.00000289. The molecule has 2 heterocycles. The number of anilines is 1. The average Bonchev–Trinajstić information content (AvgIpc) is 2.83. The molecule has 7 heteroatoms. The van der Waals surface area contributed by atoms with E-state index in [1.165, 1.54) is 16.8 Å². The van der Waals surface area contributed by atoms with Gasteiger partial charge in [0.25, 0.3) is 0 Å². The third-order valence-corrected chi connectivity index (χ3v) is 6.21. The lowest BCUT2D eigenvalue weighted by Crippen LogP contribution is -2.41. The van der Waals surface area contributed by atoms with Crippen LogP contribution in [0.5, 0.6) is 5.75 Å². The fourth-order valence-electron chi connectivity index (χ4n) is 4.33. The normalized spacial score (nSPS) is 18.9. The van der Waals surface area contributed by atoms with Gasteiger partial charge in [-0.15, -0.1) is 24.0 Å². The predicted octanol–water partition coefficient (Wildman–Crippen LogP) is 4.09. The van der Waals surface area contributed by atoms with Crippen molar-refractivity contribution in [2.24, 2.45) is 10.9 Å². The highest BCUT2D eigenvalue weighted by Gasteiger charge is 2.22. The van der Waals surface area contributed by atoms with Gasteiger partial charge in [-0.25, -0.2) is 4.99 Å². The van der Waals surface area contributed by atoms with E-state index >= 15 is 0 Å². The molecule has 174 valence electrons. The molecule has 4 rings (SSSR count). The average molecular weight is 550 g/mol. The summed E-state index contributed by atoms with van der Waals surface area (Å²) in [5.74, 6) is 2.25. The van der Waals surface area contributed by atoms with Gasteiger partial charge < -0.3 is 25.4 Å². The first-order chi connectivity index (χ1) is 15.3. The van der Waals surface area contributed by atoms with Crippen molar-refractivity contribution >= 4 is 35.6 Å². The number of fused-ring (bicyclic) bond motifs is 1. The molecule has 2 aliphatic heterocycles. The van der Waals surface area contributed by atoms with E-state index in [1.807, 2.05) is 12.1 Å². The van der Waals surface area contributed by atoms with E-state index in [2.05, 4.69) is 58.9 Å². The van der Waals surface area contributed by atoms with E-state index in [-0.39, 0.29) is 30.0 Å². The Morgan fingerprint density at radius 2 is 1.84 bits per heavy atom. The van der Waals surface area contributed by atoms with Crippen LogP contribution in [-0.4, -0.2) is 43.9 Å². The molecule has 0 amide bonds. The van der Waals surface area contributed by atoms with Crippen LogP contribution in [0.25, 0.3) is 0 Å². The van der Waals surface area contributed by atoms with Gasteiger partial charge in [0.15, 0.2) is 5.96 Å². The fraction of sp³-hybridized carbons (Fsp3) is 0.480. The molecule has 2 aromatic rings. The van der Waals surface area contributed by atoms with Crippen LogP contribution >= 0.6 is 24.0 Å².